The van der Waals surface area contributed by atoms with Crippen LogP contribution in [-0.4, -0.2) is 60.0 Å². The molecule has 31 heavy (non-hydrogen) atoms. The molecule has 1 N–H and O–H groups in total. The van der Waals surface area contributed by atoms with Gasteiger partial charge in [-0.15, -0.1) is 0 Å². The third-order valence-corrected chi connectivity index (χ3v) is 7.65. The monoisotopic (exact) mass is 448 g/mol. The molecule has 0 aromatic heterocycles. The fourth-order valence-electron chi connectivity index (χ4n) is 4.03. The minimum absolute atomic E-state index is 0.105. The van der Waals surface area contributed by atoms with Gasteiger partial charge in [0.1, 0.15) is 11.4 Å². The van der Waals surface area contributed by atoms with E-state index in [1.807, 2.05) is 0 Å². The number of sulfonamides is 1. The predicted molar refractivity (Wildman–Crippen MR) is 107 cm³/mol. The van der Waals surface area contributed by atoms with Crippen LogP contribution in [0.5, 0.6) is 0 Å². The van der Waals surface area contributed by atoms with Crippen molar-refractivity contribution >= 4 is 22.1 Å². The lowest BCUT2D eigenvalue weighted by molar-refractivity contribution is 0.0171. The van der Waals surface area contributed by atoms with Gasteiger partial charge in [0, 0.05) is 32.5 Å². The molecule has 1 spiro atoms. The van der Waals surface area contributed by atoms with Gasteiger partial charge in [-0.25, -0.2) is 22.4 Å². The molecule has 1 amide bonds. The Morgan fingerprint density at radius 3 is 2.39 bits per heavy atom. The molecular weight excluding hydrogens is 427 g/mol. The van der Waals surface area contributed by atoms with Crippen LogP contribution in [0.2, 0.25) is 0 Å². The van der Waals surface area contributed by atoms with Crippen LogP contribution in [0.25, 0.3) is 0 Å². The first-order chi connectivity index (χ1) is 14.7. The van der Waals surface area contributed by atoms with Gasteiger partial charge in [-0.2, -0.15) is 4.31 Å². The number of carbonyl (C=O) groups excluding carboxylic acids is 1. The first-order valence-corrected chi connectivity index (χ1v) is 11.2. The van der Waals surface area contributed by atoms with E-state index in [0.29, 0.717) is 19.4 Å². The molecule has 2 aromatic carbocycles. The number of halogens is 1. The van der Waals surface area contributed by atoms with Crippen LogP contribution >= 0.6 is 0 Å². The van der Waals surface area contributed by atoms with Crippen LogP contribution in [0.4, 0.5) is 9.18 Å². The first-order valence-electron chi connectivity index (χ1n) is 9.75. The van der Waals surface area contributed by atoms with Gasteiger partial charge in [0.15, 0.2) is 0 Å². The summed E-state index contributed by atoms with van der Waals surface area (Å²) in [6.07, 6.45) is 0.108. The van der Waals surface area contributed by atoms with E-state index in [9.17, 15) is 27.5 Å². The van der Waals surface area contributed by atoms with Gasteiger partial charge in [-0.1, -0.05) is 24.3 Å². The maximum absolute atomic E-state index is 13.1. The highest BCUT2D eigenvalue weighted by Crippen LogP contribution is 2.36. The number of carbonyl (C=O) groups is 2. The molecular formula is C21H21FN2O6S. The highest BCUT2D eigenvalue weighted by Gasteiger charge is 2.48. The molecule has 2 saturated heterocycles. The Hall–Kier alpha value is -2.98. The zero-order valence-electron chi connectivity index (χ0n) is 16.5. The van der Waals surface area contributed by atoms with Gasteiger partial charge in [-0.05, 0) is 29.8 Å². The molecule has 0 saturated carbocycles. The zero-order valence-corrected chi connectivity index (χ0v) is 17.3. The van der Waals surface area contributed by atoms with Crippen LogP contribution in [0.1, 0.15) is 28.8 Å². The lowest BCUT2D eigenvalue weighted by atomic mass is 9.92. The van der Waals surface area contributed by atoms with E-state index in [-0.39, 0.29) is 35.9 Å². The number of carboxylic acid groups (broad SMARTS) is 1. The second-order valence-electron chi connectivity index (χ2n) is 7.74. The maximum atomic E-state index is 13.1. The molecule has 0 unspecified atom stereocenters. The SMILES string of the molecule is O=C(O)c1ccccc1S(=O)(=O)N1CCC2(CC1)CN(Cc1ccc(F)cc1)C(=O)O2. The van der Waals surface area contributed by atoms with Crippen molar-refractivity contribution in [3.05, 3.63) is 65.5 Å². The number of benzene rings is 2. The van der Waals surface area contributed by atoms with Crippen LogP contribution in [0.3, 0.4) is 0 Å². The Labute approximate surface area is 178 Å². The highest BCUT2D eigenvalue weighted by molar-refractivity contribution is 7.89. The second kappa shape index (κ2) is 7.93. The molecule has 8 nitrogen and oxygen atoms in total. The summed E-state index contributed by atoms with van der Waals surface area (Å²) < 4.78 is 46.0. The van der Waals surface area contributed by atoms with E-state index in [0.717, 1.165) is 5.56 Å². The Balaban J connectivity index is 1.45. The van der Waals surface area contributed by atoms with Crippen LogP contribution in [-0.2, 0) is 21.3 Å². The predicted octanol–water partition coefficient (Wildman–Crippen LogP) is 2.70. The Bertz CT molecular complexity index is 1110. The Morgan fingerprint density at radius 2 is 1.74 bits per heavy atom. The van der Waals surface area contributed by atoms with E-state index in [2.05, 4.69) is 0 Å². The van der Waals surface area contributed by atoms with Gasteiger partial charge in [-0.3, -0.25) is 4.90 Å². The summed E-state index contributed by atoms with van der Waals surface area (Å²) >= 11 is 0. The molecule has 4 rings (SSSR count). The number of amides is 1. The number of nitrogens with zero attached hydrogens (tertiary/aromatic N) is 2. The molecule has 10 heteroatoms. The molecule has 0 bridgehead atoms. The molecule has 0 radical (unpaired) electrons. The number of rotatable bonds is 5. The molecule has 2 aliphatic heterocycles. The summed E-state index contributed by atoms with van der Waals surface area (Å²) in [7, 11) is -4.00. The number of piperidine rings is 1. The van der Waals surface area contributed by atoms with Crippen LogP contribution < -0.4 is 0 Å². The van der Waals surface area contributed by atoms with Crippen molar-refractivity contribution < 1.29 is 32.2 Å². The third kappa shape index (κ3) is 4.13. The summed E-state index contributed by atoms with van der Waals surface area (Å²) in [5.41, 5.74) is -0.309. The first kappa shape index (κ1) is 21.3. The van der Waals surface area contributed by atoms with Crippen LogP contribution in [0.15, 0.2) is 53.4 Å². The van der Waals surface area contributed by atoms with Crippen LogP contribution in [0, 0.1) is 5.82 Å². The maximum Gasteiger partial charge on any atom is 0.410 e. The summed E-state index contributed by atoms with van der Waals surface area (Å²) in [4.78, 5) is 25.1. The molecule has 2 aliphatic rings. The fourth-order valence-corrected chi connectivity index (χ4v) is 5.65. The lowest BCUT2D eigenvalue weighted by Gasteiger charge is -2.36. The standard InChI is InChI=1S/C21H21FN2O6S/c22-16-7-5-15(6-8-16)13-23-14-21(30-20(23)27)9-11-24(12-10-21)31(28,29)18-4-2-1-3-17(18)19(25)26/h1-8H,9-14H2,(H,25,26). The fraction of sp³-hybridized carbons (Fsp3) is 0.333. The molecule has 164 valence electrons. The van der Waals surface area contributed by atoms with E-state index < -0.39 is 27.7 Å². The summed E-state index contributed by atoms with van der Waals surface area (Å²) in [5, 5.41) is 9.32. The van der Waals surface area contributed by atoms with E-state index in [1.54, 1.807) is 12.1 Å². The number of aromatic carboxylic acids is 1. The number of hydrogen-bond donors (Lipinski definition) is 1. The van der Waals surface area contributed by atoms with Crippen molar-refractivity contribution in [3.63, 3.8) is 0 Å². The van der Waals surface area contributed by atoms with Crippen molar-refractivity contribution in [2.75, 3.05) is 19.6 Å². The molecule has 2 aromatic rings. The smallest absolute Gasteiger partial charge is 0.410 e. The van der Waals surface area contributed by atoms with E-state index in [4.69, 9.17) is 4.74 Å². The number of ether oxygens (including phenoxy) is 1. The normalized spacial score (nSPS) is 18.9. The van der Waals surface area contributed by atoms with Gasteiger partial charge in [0.25, 0.3) is 0 Å². The Morgan fingerprint density at radius 1 is 1.10 bits per heavy atom. The molecule has 0 atom stereocenters. The van der Waals surface area contributed by atoms with E-state index >= 15 is 0 Å². The highest BCUT2D eigenvalue weighted by atomic mass is 32.2. The quantitative estimate of drug-likeness (QED) is 0.754. The minimum atomic E-state index is -4.00. The minimum Gasteiger partial charge on any atom is -0.478 e. The lowest BCUT2D eigenvalue weighted by Crippen LogP contribution is -2.48. The average molecular weight is 448 g/mol. The van der Waals surface area contributed by atoms with Gasteiger partial charge in [0.2, 0.25) is 10.0 Å². The second-order valence-corrected chi connectivity index (χ2v) is 9.65. The topological polar surface area (TPSA) is 104 Å². The average Bonchev–Trinajstić information content (AvgIpc) is 3.04. The van der Waals surface area contributed by atoms with Gasteiger partial charge in [0.05, 0.1) is 17.0 Å². The van der Waals surface area contributed by atoms with E-state index in [1.165, 1.54) is 45.6 Å². The summed E-state index contributed by atoms with van der Waals surface area (Å²) in [6.45, 7) is 0.791. The summed E-state index contributed by atoms with van der Waals surface area (Å²) in [6, 6.07) is 11.3. The van der Waals surface area contributed by atoms with Crippen molar-refractivity contribution in [1.29, 1.82) is 0 Å². The van der Waals surface area contributed by atoms with Crippen molar-refractivity contribution in [2.45, 2.75) is 29.9 Å². The zero-order chi connectivity index (χ0) is 22.2. The number of hydrogen-bond acceptors (Lipinski definition) is 5. The van der Waals surface area contributed by atoms with Gasteiger partial charge >= 0.3 is 12.1 Å². The molecule has 0 aliphatic carbocycles. The third-order valence-electron chi connectivity index (χ3n) is 5.70. The van der Waals surface area contributed by atoms with Crippen molar-refractivity contribution in [2.24, 2.45) is 0 Å². The largest absolute Gasteiger partial charge is 0.478 e. The Kier molecular flexibility index (Phi) is 5.44. The van der Waals surface area contributed by atoms with Crippen molar-refractivity contribution in [3.8, 4) is 0 Å². The van der Waals surface area contributed by atoms with Crippen molar-refractivity contribution in [1.82, 2.24) is 9.21 Å². The molecule has 2 fully saturated rings. The molecule has 2 heterocycles. The number of carboxylic acids is 1. The van der Waals surface area contributed by atoms with Gasteiger partial charge < -0.3 is 9.84 Å². The summed E-state index contributed by atoms with van der Waals surface area (Å²) in [5.74, 6) is -1.67.